The highest BCUT2D eigenvalue weighted by molar-refractivity contribution is 5.33. The van der Waals surface area contributed by atoms with Crippen molar-refractivity contribution in [2.45, 2.75) is 19.9 Å². The molecule has 20 heavy (non-hydrogen) atoms. The van der Waals surface area contributed by atoms with Gasteiger partial charge in [-0.1, -0.05) is 36.4 Å². The summed E-state index contributed by atoms with van der Waals surface area (Å²) in [5.41, 5.74) is 3.83. The summed E-state index contributed by atoms with van der Waals surface area (Å²) >= 11 is 0. The summed E-state index contributed by atoms with van der Waals surface area (Å²) in [6, 6.07) is 15.0. The van der Waals surface area contributed by atoms with Gasteiger partial charge in [0.25, 0.3) is 5.69 Å². The highest BCUT2D eigenvalue weighted by Crippen LogP contribution is 2.12. The number of rotatable bonds is 6. The van der Waals surface area contributed by atoms with E-state index in [1.54, 1.807) is 12.1 Å². The van der Waals surface area contributed by atoms with Crippen molar-refractivity contribution in [1.29, 1.82) is 0 Å². The quantitative estimate of drug-likeness (QED) is 0.498. The molecule has 0 bridgehead atoms. The van der Waals surface area contributed by atoms with Gasteiger partial charge in [-0.3, -0.25) is 10.1 Å². The minimum atomic E-state index is -0.375. The SMILES string of the molecule is Cc1ccccc1CNCCc1ccc([N+](=O)[O-])cc1. The lowest BCUT2D eigenvalue weighted by Crippen LogP contribution is -2.17. The van der Waals surface area contributed by atoms with E-state index in [1.807, 2.05) is 24.3 Å². The summed E-state index contributed by atoms with van der Waals surface area (Å²) in [6.45, 7) is 3.80. The molecule has 4 nitrogen and oxygen atoms in total. The number of nitro groups is 1. The van der Waals surface area contributed by atoms with Crippen LogP contribution in [0, 0.1) is 17.0 Å². The minimum absolute atomic E-state index is 0.140. The van der Waals surface area contributed by atoms with Crippen LogP contribution in [0.1, 0.15) is 16.7 Å². The van der Waals surface area contributed by atoms with Gasteiger partial charge in [-0.25, -0.2) is 0 Å². The number of hydrogen-bond acceptors (Lipinski definition) is 3. The van der Waals surface area contributed by atoms with E-state index in [4.69, 9.17) is 0 Å². The van der Waals surface area contributed by atoms with Gasteiger partial charge in [0.05, 0.1) is 4.92 Å². The van der Waals surface area contributed by atoms with Crippen molar-refractivity contribution in [3.8, 4) is 0 Å². The van der Waals surface area contributed by atoms with Crippen molar-refractivity contribution in [2.75, 3.05) is 6.54 Å². The minimum Gasteiger partial charge on any atom is -0.312 e. The van der Waals surface area contributed by atoms with E-state index in [-0.39, 0.29) is 10.6 Å². The van der Waals surface area contributed by atoms with E-state index in [1.165, 1.54) is 11.1 Å². The summed E-state index contributed by atoms with van der Waals surface area (Å²) in [6.07, 6.45) is 0.865. The molecule has 0 aliphatic heterocycles. The van der Waals surface area contributed by atoms with Crippen molar-refractivity contribution in [1.82, 2.24) is 5.32 Å². The molecule has 4 heteroatoms. The van der Waals surface area contributed by atoms with Gasteiger partial charge >= 0.3 is 0 Å². The lowest BCUT2D eigenvalue weighted by molar-refractivity contribution is -0.384. The van der Waals surface area contributed by atoms with Crippen molar-refractivity contribution < 1.29 is 4.92 Å². The summed E-state index contributed by atoms with van der Waals surface area (Å²) < 4.78 is 0. The van der Waals surface area contributed by atoms with Gasteiger partial charge in [-0.15, -0.1) is 0 Å². The number of hydrogen-bond donors (Lipinski definition) is 1. The van der Waals surface area contributed by atoms with E-state index in [2.05, 4.69) is 24.4 Å². The zero-order valence-corrected chi connectivity index (χ0v) is 11.5. The van der Waals surface area contributed by atoms with Crippen molar-refractivity contribution in [2.24, 2.45) is 0 Å². The normalized spacial score (nSPS) is 10.4. The van der Waals surface area contributed by atoms with Crippen LogP contribution in [0.3, 0.4) is 0 Å². The molecule has 0 amide bonds. The first-order valence-electron chi connectivity index (χ1n) is 6.65. The van der Waals surface area contributed by atoms with Gasteiger partial charge < -0.3 is 5.32 Å². The Kier molecular flexibility index (Phi) is 4.85. The number of nitrogens with zero attached hydrogens (tertiary/aromatic N) is 1. The molecule has 0 fully saturated rings. The van der Waals surface area contributed by atoms with Crippen LogP contribution in [0.25, 0.3) is 0 Å². The fourth-order valence-electron chi connectivity index (χ4n) is 2.05. The predicted molar refractivity (Wildman–Crippen MR) is 79.7 cm³/mol. The van der Waals surface area contributed by atoms with Gasteiger partial charge in [0.1, 0.15) is 0 Å². The molecule has 2 rings (SSSR count). The van der Waals surface area contributed by atoms with Crippen molar-refractivity contribution in [3.63, 3.8) is 0 Å². The number of benzene rings is 2. The number of non-ortho nitro benzene ring substituents is 1. The largest absolute Gasteiger partial charge is 0.312 e. The molecule has 0 spiro atoms. The van der Waals surface area contributed by atoms with Gasteiger partial charge in [-0.2, -0.15) is 0 Å². The van der Waals surface area contributed by atoms with Crippen molar-refractivity contribution in [3.05, 3.63) is 75.3 Å². The first kappa shape index (κ1) is 14.2. The topological polar surface area (TPSA) is 55.2 Å². The molecule has 0 unspecified atom stereocenters. The van der Waals surface area contributed by atoms with Crippen LogP contribution < -0.4 is 5.32 Å². The summed E-state index contributed by atoms with van der Waals surface area (Å²) in [4.78, 5) is 10.2. The predicted octanol–water partition coefficient (Wildman–Crippen LogP) is 3.24. The third-order valence-electron chi connectivity index (χ3n) is 3.31. The summed E-state index contributed by atoms with van der Waals surface area (Å²) in [7, 11) is 0. The Morgan fingerprint density at radius 1 is 1.10 bits per heavy atom. The summed E-state index contributed by atoms with van der Waals surface area (Å²) in [5.74, 6) is 0. The van der Waals surface area contributed by atoms with Crippen molar-refractivity contribution >= 4 is 5.69 Å². The van der Waals surface area contributed by atoms with Gasteiger partial charge in [-0.05, 0) is 36.6 Å². The summed E-state index contributed by atoms with van der Waals surface area (Å²) in [5, 5.41) is 13.9. The van der Waals surface area contributed by atoms with Gasteiger partial charge in [0.2, 0.25) is 0 Å². The molecule has 0 saturated carbocycles. The standard InChI is InChI=1S/C16H18N2O2/c1-13-4-2-3-5-15(13)12-17-11-10-14-6-8-16(9-7-14)18(19)20/h2-9,17H,10-12H2,1H3. The number of nitro benzene ring substituents is 1. The number of nitrogens with one attached hydrogen (secondary N) is 1. The maximum absolute atomic E-state index is 10.6. The van der Waals surface area contributed by atoms with Crippen LogP contribution >= 0.6 is 0 Å². The fourth-order valence-corrected chi connectivity index (χ4v) is 2.05. The fraction of sp³-hybridized carbons (Fsp3) is 0.250. The second-order valence-corrected chi connectivity index (χ2v) is 4.78. The molecule has 1 N–H and O–H groups in total. The first-order chi connectivity index (χ1) is 9.66. The Hall–Kier alpha value is -2.20. The van der Waals surface area contributed by atoms with Crippen LogP contribution in [0.4, 0.5) is 5.69 Å². The zero-order chi connectivity index (χ0) is 14.4. The highest BCUT2D eigenvalue weighted by Gasteiger charge is 2.03. The van der Waals surface area contributed by atoms with Crippen LogP contribution in [-0.4, -0.2) is 11.5 Å². The van der Waals surface area contributed by atoms with E-state index in [0.29, 0.717) is 0 Å². The Bertz CT molecular complexity index is 579. The highest BCUT2D eigenvalue weighted by atomic mass is 16.6. The number of aryl methyl sites for hydroxylation is 1. The third-order valence-corrected chi connectivity index (χ3v) is 3.31. The molecule has 0 heterocycles. The monoisotopic (exact) mass is 270 g/mol. The molecule has 0 saturated heterocycles. The smallest absolute Gasteiger partial charge is 0.269 e. The van der Waals surface area contributed by atoms with Gasteiger partial charge in [0.15, 0.2) is 0 Å². The molecule has 104 valence electrons. The van der Waals surface area contributed by atoms with Crippen LogP contribution in [0.5, 0.6) is 0 Å². The van der Waals surface area contributed by atoms with Crippen LogP contribution in [-0.2, 0) is 13.0 Å². The lowest BCUT2D eigenvalue weighted by Gasteiger charge is -2.07. The molecular weight excluding hydrogens is 252 g/mol. The average Bonchev–Trinajstić information content (AvgIpc) is 2.46. The lowest BCUT2D eigenvalue weighted by atomic mass is 10.1. The second-order valence-electron chi connectivity index (χ2n) is 4.78. The maximum Gasteiger partial charge on any atom is 0.269 e. The van der Waals surface area contributed by atoms with E-state index >= 15 is 0 Å². The second kappa shape index (κ2) is 6.82. The molecule has 0 atom stereocenters. The molecule has 0 aromatic heterocycles. The Balaban J connectivity index is 1.79. The third kappa shape index (κ3) is 3.90. The molecule has 0 radical (unpaired) electrons. The Morgan fingerprint density at radius 2 is 1.80 bits per heavy atom. The molecule has 2 aromatic rings. The van der Waals surface area contributed by atoms with E-state index < -0.39 is 0 Å². The molecule has 0 aliphatic rings. The molecule has 0 aliphatic carbocycles. The Morgan fingerprint density at radius 3 is 2.45 bits per heavy atom. The van der Waals surface area contributed by atoms with E-state index in [0.717, 1.165) is 25.1 Å². The molecule has 2 aromatic carbocycles. The maximum atomic E-state index is 10.6. The van der Waals surface area contributed by atoms with Crippen LogP contribution in [0.2, 0.25) is 0 Å². The molecular formula is C16H18N2O2. The van der Waals surface area contributed by atoms with Gasteiger partial charge in [0, 0.05) is 18.7 Å². The first-order valence-corrected chi connectivity index (χ1v) is 6.65. The zero-order valence-electron chi connectivity index (χ0n) is 11.5. The average molecular weight is 270 g/mol. The Labute approximate surface area is 118 Å². The van der Waals surface area contributed by atoms with E-state index in [9.17, 15) is 10.1 Å². The van der Waals surface area contributed by atoms with Crippen LogP contribution in [0.15, 0.2) is 48.5 Å².